The second kappa shape index (κ2) is 6.97. The smallest absolute Gasteiger partial charge is 0.141 e. The Kier molecular flexibility index (Phi) is 5.27. The predicted octanol–water partition coefficient (Wildman–Crippen LogP) is 4.43. The molecule has 112 valence electrons. The van der Waals surface area contributed by atoms with Crippen LogP contribution in [0.15, 0.2) is 36.4 Å². The van der Waals surface area contributed by atoms with Crippen LogP contribution in [0.1, 0.15) is 29.2 Å². The van der Waals surface area contributed by atoms with Gasteiger partial charge in [-0.15, -0.1) is 0 Å². The molecule has 0 aromatic heterocycles. The van der Waals surface area contributed by atoms with E-state index in [1.54, 1.807) is 0 Å². The Morgan fingerprint density at radius 2 is 1.81 bits per heavy atom. The Labute approximate surface area is 131 Å². The molecule has 0 saturated carbocycles. The minimum Gasteiger partial charge on any atom is -0.487 e. The van der Waals surface area contributed by atoms with Crippen molar-refractivity contribution in [2.24, 2.45) is 5.73 Å². The van der Waals surface area contributed by atoms with Gasteiger partial charge in [0.15, 0.2) is 0 Å². The number of halogens is 1. The molecular formula is C18H22ClNO. The highest BCUT2D eigenvalue weighted by atomic mass is 35.5. The number of rotatable bonds is 5. The van der Waals surface area contributed by atoms with Crippen molar-refractivity contribution in [1.29, 1.82) is 0 Å². The Balaban J connectivity index is 2.19. The molecule has 2 nitrogen and oxygen atoms in total. The van der Waals surface area contributed by atoms with Gasteiger partial charge in [-0.3, -0.25) is 0 Å². The summed E-state index contributed by atoms with van der Waals surface area (Å²) in [4.78, 5) is 0. The fourth-order valence-corrected chi connectivity index (χ4v) is 2.78. The summed E-state index contributed by atoms with van der Waals surface area (Å²) in [7, 11) is 0. The third-order valence-electron chi connectivity index (χ3n) is 3.26. The maximum atomic E-state index is 6.28. The van der Waals surface area contributed by atoms with Gasteiger partial charge in [-0.2, -0.15) is 0 Å². The molecule has 0 spiro atoms. The summed E-state index contributed by atoms with van der Waals surface area (Å²) < 4.78 is 5.98. The number of nitrogens with two attached hydrogens (primary N) is 1. The SMILES string of the molecule is Cc1cc(C)cc(COc2c(Cl)cccc2CC(C)N)c1. The van der Waals surface area contributed by atoms with Crippen LogP contribution in [0.3, 0.4) is 0 Å². The molecule has 2 rings (SSSR count). The van der Waals surface area contributed by atoms with Crippen LogP contribution in [0.5, 0.6) is 5.75 Å². The van der Waals surface area contributed by atoms with Crippen LogP contribution >= 0.6 is 11.6 Å². The zero-order valence-corrected chi connectivity index (χ0v) is 13.6. The molecule has 2 N–H and O–H groups in total. The summed E-state index contributed by atoms with van der Waals surface area (Å²) >= 11 is 6.28. The van der Waals surface area contributed by atoms with E-state index in [0.29, 0.717) is 11.6 Å². The maximum Gasteiger partial charge on any atom is 0.141 e. The van der Waals surface area contributed by atoms with E-state index >= 15 is 0 Å². The highest BCUT2D eigenvalue weighted by molar-refractivity contribution is 6.32. The van der Waals surface area contributed by atoms with Crippen LogP contribution in [0.25, 0.3) is 0 Å². The first-order valence-corrected chi connectivity index (χ1v) is 7.56. The standard InChI is InChI=1S/C18H22ClNO/c1-12-7-13(2)9-15(8-12)11-21-18-16(10-14(3)20)5-4-6-17(18)19/h4-9,14H,10-11,20H2,1-3H3. The normalized spacial score (nSPS) is 12.2. The molecule has 0 saturated heterocycles. The Morgan fingerprint density at radius 3 is 2.43 bits per heavy atom. The van der Waals surface area contributed by atoms with Crippen LogP contribution < -0.4 is 10.5 Å². The van der Waals surface area contributed by atoms with Gasteiger partial charge in [-0.25, -0.2) is 0 Å². The molecule has 0 heterocycles. The number of hydrogen-bond donors (Lipinski definition) is 1. The van der Waals surface area contributed by atoms with E-state index < -0.39 is 0 Å². The lowest BCUT2D eigenvalue weighted by molar-refractivity contribution is 0.302. The summed E-state index contributed by atoms with van der Waals surface area (Å²) in [6.45, 7) is 6.67. The second-order valence-electron chi connectivity index (χ2n) is 5.69. The van der Waals surface area contributed by atoms with Gasteiger partial charge in [-0.1, -0.05) is 53.1 Å². The zero-order chi connectivity index (χ0) is 15.4. The van der Waals surface area contributed by atoms with Gasteiger partial charge < -0.3 is 10.5 Å². The summed E-state index contributed by atoms with van der Waals surface area (Å²) in [6.07, 6.45) is 0.753. The average Bonchev–Trinajstić information content (AvgIpc) is 2.36. The van der Waals surface area contributed by atoms with Gasteiger partial charge in [0.2, 0.25) is 0 Å². The monoisotopic (exact) mass is 303 g/mol. The molecule has 1 atom stereocenters. The van der Waals surface area contributed by atoms with E-state index in [1.165, 1.54) is 11.1 Å². The minimum absolute atomic E-state index is 0.0760. The van der Waals surface area contributed by atoms with E-state index in [9.17, 15) is 0 Å². The predicted molar refractivity (Wildman–Crippen MR) is 89.1 cm³/mol. The lowest BCUT2D eigenvalue weighted by Crippen LogP contribution is -2.18. The molecular weight excluding hydrogens is 282 g/mol. The number of para-hydroxylation sites is 1. The quantitative estimate of drug-likeness (QED) is 0.887. The fraction of sp³-hybridized carbons (Fsp3) is 0.333. The third-order valence-corrected chi connectivity index (χ3v) is 3.55. The molecule has 0 aliphatic heterocycles. The van der Waals surface area contributed by atoms with Crippen LogP contribution in [0, 0.1) is 13.8 Å². The van der Waals surface area contributed by atoms with E-state index in [0.717, 1.165) is 23.3 Å². The molecule has 0 amide bonds. The maximum absolute atomic E-state index is 6.28. The molecule has 2 aromatic carbocycles. The topological polar surface area (TPSA) is 35.2 Å². The van der Waals surface area contributed by atoms with Gasteiger partial charge in [0, 0.05) is 6.04 Å². The van der Waals surface area contributed by atoms with Crippen LogP contribution in [-0.4, -0.2) is 6.04 Å². The highest BCUT2D eigenvalue weighted by Crippen LogP contribution is 2.30. The number of benzene rings is 2. The highest BCUT2D eigenvalue weighted by Gasteiger charge is 2.10. The second-order valence-corrected chi connectivity index (χ2v) is 6.10. The van der Waals surface area contributed by atoms with Crippen LogP contribution in [0.2, 0.25) is 5.02 Å². The molecule has 1 unspecified atom stereocenters. The van der Waals surface area contributed by atoms with Gasteiger partial charge in [-0.05, 0) is 44.4 Å². The lowest BCUT2D eigenvalue weighted by Gasteiger charge is -2.15. The zero-order valence-electron chi connectivity index (χ0n) is 12.8. The van der Waals surface area contributed by atoms with Crippen molar-refractivity contribution in [3.8, 4) is 5.75 Å². The van der Waals surface area contributed by atoms with Crippen molar-refractivity contribution >= 4 is 11.6 Å². The molecule has 0 radical (unpaired) electrons. The molecule has 0 aliphatic carbocycles. The largest absolute Gasteiger partial charge is 0.487 e. The van der Waals surface area contributed by atoms with Gasteiger partial charge >= 0.3 is 0 Å². The Hall–Kier alpha value is -1.51. The Bertz CT molecular complexity index is 602. The first kappa shape index (κ1) is 15.9. The summed E-state index contributed by atoms with van der Waals surface area (Å²) in [5.74, 6) is 0.746. The van der Waals surface area contributed by atoms with Crippen LogP contribution in [0.4, 0.5) is 0 Å². The summed E-state index contributed by atoms with van der Waals surface area (Å²) in [6, 6.07) is 12.3. The van der Waals surface area contributed by atoms with Gasteiger partial charge in [0.25, 0.3) is 0 Å². The van der Waals surface area contributed by atoms with Gasteiger partial charge in [0.1, 0.15) is 12.4 Å². The molecule has 0 aliphatic rings. The van der Waals surface area contributed by atoms with Gasteiger partial charge in [0.05, 0.1) is 5.02 Å². The molecule has 0 fully saturated rings. The van der Waals surface area contributed by atoms with E-state index in [-0.39, 0.29) is 6.04 Å². The average molecular weight is 304 g/mol. The number of aryl methyl sites for hydroxylation is 2. The third kappa shape index (κ3) is 4.48. The van der Waals surface area contributed by atoms with Crippen molar-refractivity contribution in [3.05, 3.63) is 63.7 Å². The molecule has 3 heteroatoms. The van der Waals surface area contributed by atoms with Crippen LogP contribution in [-0.2, 0) is 13.0 Å². The first-order valence-electron chi connectivity index (χ1n) is 7.18. The van der Waals surface area contributed by atoms with Crippen molar-refractivity contribution in [2.45, 2.75) is 39.8 Å². The molecule has 21 heavy (non-hydrogen) atoms. The number of hydrogen-bond acceptors (Lipinski definition) is 2. The molecule has 2 aromatic rings. The van der Waals surface area contributed by atoms with Crippen molar-refractivity contribution in [2.75, 3.05) is 0 Å². The van der Waals surface area contributed by atoms with Crippen molar-refractivity contribution in [3.63, 3.8) is 0 Å². The summed E-state index contributed by atoms with van der Waals surface area (Å²) in [5.41, 5.74) is 10.6. The van der Waals surface area contributed by atoms with Crippen molar-refractivity contribution < 1.29 is 4.74 Å². The number of ether oxygens (including phenoxy) is 1. The summed E-state index contributed by atoms with van der Waals surface area (Å²) in [5, 5.41) is 0.637. The fourth-order valence-electron chi connectivity index (χ4n) is 2.53. The van der Waals surface area contributed by atoms with E-state index in [2.05, 4.69) is 32.0 Å². The first-order chi connectivity index (χ1) is 9.95. The lowest BCUT2D eigenvalue weighted by atomic mass is 10.1. The van der Waals surface area contributed by atoms with Crippen molar-refractivity contribution in [1.82, 2.24) is 0 Å². The molecule has 0 bridgehead atoms. The minimum atomic E-state index is 0.0760. The van der Waals surface area contributed by atoms with E-state index in [4.69, 9.17) is 22.1 Å². The van der Waals surface area contributed by atoms with E-state index in [1.807, 2.05) is 25.1 Å². The Morgan fingerprint density at radius 1 is 1.14 bits per heavy atom.